The molecule has 2 unspecified atom stereocenters. The third-order valence-electron chi connectivity index (χ3n) is 3.17. The van der Waals surface area contributed by atoms with Gasteiger partial charge in [-0.3, -0.25) is 0 Å². The number of unbranched alkanes of at least 4 members (excludes halogenated alkanes) is 2. The van der Waals surface area contributed by atoms with Gasteiger partial charge in [-0.25, -0.2) is 0 Å². The molecular weight excluding hydrogens is 172 g/mol. The van der Waals surface area contributed by atoms with Crippen molar-refractivity contribution in [2.24, 2.45) is 5.92 Å². The lowest BCUT2D eigenvalue weighted by Crippen LogP contribution is -2.19. The first-order valence-electron chi connectivity index (χ1n) is 5.96. The maximum absolute atomic E-state index is 5.42. The van der Waals surface area contributed by atoms with Crippen molar-refractivity contribution in [3.05, 3.63) is 11.6 Å². The number of methoxy groups -OCH3 is 1. The SMILES string of the molecule is CCCCCC1CC(C)=CC(OC)C1. The first kappa shape index (κ1) is 11.8. The Kier molecular flexibility index (Phi) is 5.24. The van der Waals surface area contributed by atoms with Crippen molar-refractivity contribution in [2.45, 2.75) is 58.5 Å². The van der Waals surface area contributed by atoms with E-state index in [2.05, 4.69) is 19.9 Å². The summed E-state index contributed by atoms with van der Waals surface area (Å²) in [6.07, 6.45) is 10.7. The average Bonchev–Trinajstić information content (AvgIpc) is 2.17. The second-order valence-corrected chi connectivity index (χ2v) is 4.59. The summed E-state index contributed by atoms with van der Waals surface area (Å²) in [4.78, 5) is 0. The molecule has 0 spiro atoms. The van der Waals surface area contributed by atoms with E-state index < -0.39 is 0 Å². The summed E-state index contributed by atoms with van der Waals surface area (Å²) in [5.74, 6) is 0.872. The fraction of sp³-hybridized carbons (Fsp3) is 0.846. The van der Waals surface area contributed by atoms with Gasteiger partial charge in [0.05, 0.1) is 6.10 Å². The molecule has 1 heteroatoms. The molecule has 14 heavy (non-hydrogen) atoms. The minimum atomic E-state index is 0.385. The monoisotopic (exact) mass is 196 g/mol. The van der Waals surface area contributed by atoms with Crippen molar-refractivity contribution >= 4 is 0 Å². The fourth-order valence-electron chi connectivity index (χ4n) is 2.39. The molecule has 0 N–H and O–H groups in total. The summed E-state index contributed by atoms with van der Waals surface area (Å²) >= 11 is 0. The van der Waals surface area contributed by atoms with Gasteiger partial charge in [0.25, 0.3) is 0 Å². The molecule has 0 fully saturated rings. The third kappa shape index (κ3) is 3.83. The second-order valence-electron chi connectivity index (χ2n) is 4.59. The molecule has 0 saturated heterocycles. The topological polar surface area (TPSA) is 9.23 Å². The maximum atomic E-state index is 5.42. The smallest absolute Gasteiger partial charge is 0.0757 e. The van der Waals surface area contributed by atoms with Crippen LogP contribution in [0.5, 0.6) is 0 Å². The molecule has 0 aromatic heterocycles. The van der Waals surface area contributed by atoms with Gasteiger partial charge >= 0.3 is 0 Å². The largest absolute Gasteiger partial charge is 0.377 e. The van der Waals surface area contributed by atoms with Gasteiger partial charge in [0.2, 0.25) is 0 Å². The number of ether oxygens (including phenoxy) is 1. The molecule has 0 heterocycles. The van der Waals surface area contributed by atoms with Crippen LogP contribution in [0.1, 0.15) is 52.4 Å². The summed E-state index contributed by atoms with van der Waals surface area (Å²) in [5, 5.41) is 0. The highest BCUT2D eigenvalue weighted by Crippen LogP contribution is 2.29. The predicted molar refractivity (Wildman–Crippen MR) is 61.4 cm³/mol. The number of allylic oxidation sites excluding steroid dienone is 1. The molecular formula is C13H24O. The lowest BCUT2D eigenvalue weighted by atomic mass is 9.84. The van der Waals surface area contributed by atoms with Crippen LogP contribution in [0.2, 0.25) is 0 Å². The van der Waals surface area contributed by atoms with E-state index in [1.807, 2.05) is 7.11 Å². The van der Waals surface area contributed by atoms with Gasteiger partial charge in [0.1, 0.15) is 0 Å². The van der Waals surface area contributed by atoms with Gasteiger partial charge in [0, 0.05) is 7.11 Å². The molecule has 1 rings (SSSR count). The summed E-state index contributed by atoms with van der Waals surface area (Å²) in [6, 6.07) is 0. The van der Waals surface area contributed by atoms with Gasteiger partial charge in [-0.2, -0.15) is 0 Å². The van der Waals surface area contributed by atoms with Gasteiger partial charge < -0.3 is 4.74 Å². The van der Waals surface area contributed by atoms with E-state index in [1.54, 1.807) is 0 Å². The Labute approximate surface area is 88.5 Å². The Bertz CT molecular complexity index is 184. The van der Waals surface area contributed by atoms with E-state index >= 15 is 0 Å². The van der Waals surface area contributed by atoms with Crippen molar-refractivity contribution in [3.8, 4) is 0 Å². The summed E-state index contributed by atoms with van der Waals surface area (Å²) in [7, 11) is 1.82. The Morgan fingerprint density at radius 2 is 2.21 bits per heavy atom. The molecule has 1 aliphatic carbocycles. The average molecular weight is 196 g/mol. The lowest BCUT2D eigenvalue weighted by molar-refractivity contribution is 0.107. The Balaban J connectivity index is 2.30. The standard InChI is InChI=1S/C13H24O/c1-4-5-6-7-12-8-11(2)9-13(10-12)14-3/h9,12-13H,4-8,10H2,1-3H3. The zero-order valence-electron chi connectivity index (χ0n) is 9.88. The third-order valence-corrected chi connectivity index (χ3v) is 3.17. The molecule has 0 saturated carbocycles. The van der Waals surface area contributed by atoms with E-state index in [4.69, 9.17) is 4.74 Å². The summed E-state index contributed by atoms with van der Waals surface area (Å²) in [5.41, 5.74) is 1.52. The molecule has 0 aromatic rings. The van der Waals surface area contributed by atoms with Crippen molar-refractivity contribution in [1.82, 2.24) is 0 Å². The van der Waals surface area contributed by atoms with Crippen LogP contribution in [-0.2, 0) is 4.74 Å². The molecule has 0 radical (unpaired) electrons. The van der Waals surface area contributed by atoms with Gasteiger partial charge in [-0.1, -0.05) is 44.3 Å². The number of rotatable bonds is 5. The minimum absolute atomic E-state index is 0.385. The molecule has 2 atom stereocenters. The first-order valence-corrected chi connectivity index (χ1v) is 5.96. The molecule has 1 aliphatic rings. The van der Waals surface area contributed by atoms with E-state index in [1.165, 1.54) is 44.1 Å². The zero-order valence-corrected chi connectivity index (χ0v) is 9.88. The van der Waals surface area contributed by atoms with Crippen molar-refractivity contribution in [3.63, 3.8) is 0 Å². The van der Waals surface area contributed by atoms with E-state index in [9.17, 15) is 0 Å². The van der Waals surface area contributed by atoms with Gasteiger partial charge in [-0.15, -0.1) is 0 Å². The van der Waals surface area contributed by atoms with Crippen LogP contribution < -0.4 is 0 Å². The Hall–Kier alpha value is -0.300. The highest BCUT2D eigenvalue weighted by atomic mass is 16.5. The fourth-order valence-corrected chi connectivity index (χ4v) is 2.39. The maximum Gasteiger partial charge on any atom is 0.0757 e. The Morgan fingerprint density at radius 1 is 1.43 bits per heavy atom. The number of hydrogen-bond acceptors (Lipinski definition) is 1. The van der Waals surface area contributed by atoms with Crippen LogP contribution in [0.15, 0.2) is 11.6 Å². The van der Waals surface area contributed by atoms with Gasteiger partial charge in [-0.05, 0) is 25.7 Å². The molecule has 0 amide bonds. The quantitative estimate of drug-likeness (QED) is 0.478. The normalized spacial score (nSPS) is 27.5. The first-order chi connectivity index (χ1) is 6.76. The summed E-state index contributed by atoms with van der Waals surface area (Å²) < 4.78 is 5.42. The van der Waals surface area contributed by atoms with Crippen LogP contribution in [0.4, 0.5) is 0 Å². The molecule has 82 valence electrons. The number of hydrogen-bond donors (Lipinski definition) is 0. The zero-order chi connectivity index (χ0) is 10.4. The van der Waals surface area contributed by atoms with E-state index in [-0.39, 0.29) is 0 Å². The van der Waals surface area contributed by atoms with Crippen molar-refractivity contribution < 1.29 is 4.74 Å². The van der Waals surface area contributed by atoms with Crippen molar-refractivity contribution in [1.29, 1.82) is 0 Å². The van der Waals surface area contributed by atoms with E-state index in [0.29, 0.717) is 6.10 Å². The molecule has 0 bridgehead atoms. The lowest BCUT2D eigenvalue weighted by Gasteiger charge is -2.26. The predicted octanol–water partition coefficient (Wildman–Crippen LogP) is 3.94. The Morgan fingerprint density at radius 3 is 2.86 bits per heavy atom. The van der Waals surface area contributed by atoms with Crippen LogP contribution in [0.3, 0.4) is 0 Å². The van der Waals surface area contributed by atoms with Crippen LogP contribution in [0.25, 0.3) is 0 Å². The van der Waals surface area contributed by atoms with Crippen LogP contribution >= 0.6 is 0 Å². The highest BCUT2D eigenvalue weighted by Gasteiger charge is 2.19. The van der Waals surface area contributed by atoms with Crippen LogP contribution in [0, 0.1) is 5.92 Å². The van der Waals surface area contributed by atoms with E-state index in [0.717, 1.165) is 5.92 Å². The second kappa shape index (κ2) is 6.23. The summed E-state index contributed by atoms with van der Waals surface area (Å²) in [6.45, 7) is 4.50. The molecule has 0 aromatic carbocycles. The van der Waals surface area contributed by atoms with Gasteiger partial charge in [0.15, 0.2) is 0 Å². The molecule has 1 nitrogen and oxygen atoms in total. The van der Waals surface area contributed by atoms with Crippen molar-refractivity contribution in [2.75, 3.05) is 7.11 Å². The van der Waals surface area contributed by atoms with Crippen LogP contribution in [-0.4, -0.2) is 13.2 Å². The highest BCUT2D eigenvalue weighted by molar-refractivity contribution is 5.08. The minimum Gasteiger partial charge on any atom is -0.377 e. The molecule has 0 aliphatic heterocycles.